The maximum absolute atomic E-state index is 12.6. The third kappa shape index (κ3) is 4.72. The first-order chi connectivity index (χ1) is 13.2. The van der Waals surface area contributed by atoms with Gasteiger partial charge in [-0.3, -0.25) is 14.5 Å². The molecule has 1 saturated carbocycles. The Labute approximate surface area is 161 Å². The van der Waals surface area contributed by atoms with Gasteiger partial charge in [0, 0.05) is 44.6 Å². The Hall–Kier alpha value is -1.82. The summed E-state index contributed by atoms with van der Waals surface area (Å²) in [7, 11) is 0. The van der Waals surface area contributed by atoms with Gasteiger partial charge in [-0.05, 0) is 57.2 Å². The van der Waals surface area contributed by atoms with Crippen LogP contribution in [0.4, 0.5) is 0 Å². The Balaban J connectivity index is 1.20. The van der Waals surface area contributed by atoms with Crippen LogP contribution in [0.1, 0.15) is 44.3 Å². The molecule has 1 atom stereocenters. The second kappa shape index (κ2) is 8.46. The molecular weight excluding hydrogens is 342 g/mol. The van der Waals surface area contributed by atoms with Crippen molar-refractivity contribution in [2.24, 2.45) is 11.8 Å². The summed E-state index contributed by atoms with van der Waals surface area (Å²) in [4.78, 5) is 29.3. The van der Waals surface area contributed by atoms with E-state index in [1.807, 2.05) is 12.1 Å². The topological polar surface area (TPSA) is 65.8 Å². The number of carbonyl (C=O) groups is 2. The Morgan fingerprint density at radius 1 is 1.07 bits per heavy atom. The molecule has 3 aliphatic rings. The first kappa shape index (κ1) is 18.5. The lowest BCUT2D eigenvalue weighted by Gasteiger charge is -2.42. The van der Waals surface area contributed by atoms with Crippen LogP contribution >= 0.6 is 0 Å². The molecule has 4 rings (SSSR count). The summed E-state index contributed by atoms with van der Waals surface area (Å²) < 4.78 is 5.31. The minimum absolute atomic E-state index is 0.0847. The lowest BCUT2D eigenvalue weighted by molar-refractivity contribution is -0.134. The van der Waals surface area contributed by atoms with Crippen molar-refractivity contribution in [2.45, 2.75) is 51.0 Å². The highest BCUT2D eigenvalue weighted by Gasteiger charge is 2.37. The van der Waals surface area contributed by atoms with Gasteiger partial charge >= 0.3 is 0 Å². The number of carbonyl (C=O) groups excluding carboxylic acids is 2. The summed E-state index contributed by atoms with van der Waals surface area (Å²) in [5.41, 5.74) is 0. The average molecular weight is 373 g/mol. The highest BCUT2D eigenvalue weighted by atomic mass is 16.3. The zero-order valence-corrected chi connectivity index (χ0v) is 16.1. The fourth-order valence-corrected chi connectivity index (χ4v) is 4.50. The highest BCUT2D eigenvalue weighted by molar-refractivity contribution is 5.81. The molecular formula is C21H31N3O3. The van der Waals surface area contributed by atoms with Crippen molar-refractivity contribution in [1.29, 1.82) is 0 Å². The molecule has 0 radical (unpaired) electrons. The molecule has 3 fully saturated rings. The van der Waals surface area contributed by atoms with Crippen molar-refractivity contribution in [3.63, 3.8) is 0 Å². The van der Waals surface area contributed by atoms with Gasteiger partial charge in [-0.15, -0.1) is 0 Å². The lowest BCUT2D eigenvalue weighted by Crippen LogP contribution is -2.51. The van der Waals surface area contributed by atoms with Crippen LogP contribution in [0.3, 0.4) is 0 Å². The standard InChI is InChI=1S/C21H31N3O3/c25-20(22-10-7-19-4-2-14-27-19)17-3-1-11-24(15-17)18-8-12-23(13-9-18)21(26)16-5-6-16/h2,4,14,16-18H,1,3,5-13,15H2,(H,22,25)/t17-/m1/s1. The largest absolute Gasteiger partial charge is 0.469 e. The van der Waals surface area contributed by atoms with Gasteiger partial charge in [0.25, 0.3) is 0 Å². The normalized spacial score (nSPS) is 24.7. The number of furan rings is 1. The number of amides is 2. The van der Waals surface area contributed by atoms with Crippen molar-refractivity contribution >= 4 is 11.8 Å². The van der Waals surface area contributed by atoms with Gasteiger partial charge in [-0.2, -0.15) is 0 Å². The molecule has 148 valence electrons. The molecule has 1 N–H and O–H groups in total. The van der Waals surface area contributed by atoms with E-state index in [-0.39, 0.29) is 11.8 Å². The fourth-order valence-electron chi connectivity index (χ4n) is 4.50. The third-order valence-electron chi connectivity index (χ3n) is 6.29. The minimum atomic E-state index is 0.0847. The van der Waals surface area contributed by atoms with Crippen molar-refractivity contribution in [1.82, 2.24) is 15.1 Å². The van der Waals surface area contributed by atoms with Crippen LogP contribution in [0.5, 0.6) is 0 Å². The number of likely N-dealkylation sites (tertiary alicyclic amines) is 2. The van der Waals surface area contributed by atoms with Crippen LogP contribution in [0, 0.1) is 11.8 Å². The summed E-state index contributed by atoms with van der Waals surface area (Å²) in [6.45, 7) is 4.34. The van der Waals surface area contributed by atoms with Crippen molar-refractivity contribution in [3.05, 3.63) is 24.2 Å². The van der Waals surface area contributed by atoms with E-state index in [0.717, 1.165) is 76.9 Å². The second-order valence-corrected chi connectivity index (χ2v) is 8.29. The van der Waals surface area contributed by atoms with Crippen molar-refractivity contribution in [3.8, 4) is 0 Å². The van der Waals surface area contributed by atoms with E-state index in [2.05, 4.69) is 15.1 Å². The zero-order valence-electron chi connectivity index (χ0n) is 16.1. The van der Waals surface area contributed by atoms with E-state index >= 15 is 0 Å². The number of nitrogens with one attached hydrogen (secondary N) is 1. The zero-order chi connectivity index (χ0) is 18.6. The molecule has 1 aromatic rings. The van der Waals surface area contributed by atoms with Gasteiger partial charge < -0.3 is 14.6 Å². The smallest absolute Gasteiger partial charge is 0.225 e. The molecule has 0 unspecified atom stereocenters. The molecule has 0 aromatic carbocycles. The van der Waals surface area contributed by atoms with Gasteiger partial charge in [-0.1, -0.05) is 0 Å². The molecule has 0 bridgehead atoms. The molecule has 2 saturated heterocycles. The SMILES string of the molecule is O=C(NCCc1ccco1)[C@@H]1CCCN(C2CCN(C(=O)C3CC3)CC2)C1. The molecule has 3 heterocycles. The highest BCUT2D eigenvalue weighted by Crippen LogP contribution is 2.32. The third-order valence-corrected chi connectivity index (χ3v) is 6.29. The van der Waals surface area contributed by atoms with Crippen LogP contribution in [-0.4, -0.2) is 60.4 Å². The maximum Gasteiger partial charge on any atom is 0.225 e. The minimum Gasteiger partial charge on any atom is -0.469 e. The summed E-state index contributed by atoms with van der Waals surface area (Å²) in [5.74, 6) is 1.87. The molecule has 6 nitrogen and oxygen atoms in total. The molecule has 1 aromatic heterocycles. The fraction of sp³-hybridized carbons (Fsp3) is 0.714. The Kier molecular flexibility index (Phi) is 5.81. The number of rotatable bonds is 6. The maximum atomic E-state index is 12.6. The van der Waals surface area contributed by atoms with E-state index in [1.165, 1.54) is 0 Å². The number of hydrogen-bond acceptors (Lipinski definition) is 4. The summed E-state index contributed by atoms with van der Waals surface area (Å²) in [6.07, 6.45) is 8.72. The quantitative estimate of drug-likeness (QED) is 0.829. The Bertz CT molecular complexity index is 633. The summed E-state index contributed by atoms with van der Waals surface area (Å²) in [5, 5.41) is 3.08. The van der Waals surface area contributed by atoms with Crippen LogP contribution in [0.25, 0.3) is 0 Å². The van der Waals surface area contributed by atoms with Crippen LogP contribution in [0.2, 0.25) is 0 Å². The molecule has 6 heteroatoms. The van der Waals surface area contributed by atoms with Crippen LogP contribution in [-0.2, 0) is 16.0 Å². The molecule has 27 heavy (non-hydrogen) atoms. The van der Waals surface area contributed by atoms with E-state index in [1.54, 1.807) is 6.26 Å². The monoisotopic (exact) mass is 373 g/mol. The molecule has 2 aliphatic heterocycles. The van der Waals surface area contributed by atoms with Gasteiger partial charge in [0.05, 0.1) is 12.2 Å². The Morgan fingerprint density at radius 3 is 2.59 bits per heavy atom. The summed E-state index contributed by atoms with van der Waals surface area (Å²) >= 11 is 0. The predicted octanol–water partition coefficient (Wildman–Crippen LogP) is 2.05. The van der Waals surface area contributed by atoms with Crippen LogP contribution in [0.15, 0.2) is 22.8 Å². The Morgan fingerprint density at radius 2 is 1.89 bits per heavy atom. The summed E-state index contributed by atoms with van der Waals surface area (Å²) in [6, 6.07) is 4.33. The van der Waals surface area contributed by atoms with Crippen LogP contribution < -0.4 is 5.32 Å². The number of nitrogens with zero attached hydrogens (tertiary/aromatic N) is 2. The van der Waals surface area contributed by atoms with E-state index < -0.39 is 0 Å². The van der Waals surface area contributed by atoms with E-state index in [4.69, 9.17) is 4.42 Å². The first-order valence-electron chi connectivity index (χ1n) is 10.5. The second-order valence-electron chi connectivity index (χ2n) is 8.29. The van der Waals surface area contributed by atoms with Crippen molar-refractivity contribution in [2.75, 3.05) is 32.7 Å². The van der Waals surface area contributed by atoms with Gasteiger partial charge in [0.15, 0.2) is 0 Å². The number of piperidine rings is 2. The first-order valence-corrected chi connectivity index (χ1v) is 10.5. The van der Waals surface area contributed by atoms with Gasteiger partial charge in [-0.25, -0.2) is 0 Å². The van der Waals surface area contributed by atoms with E-state index in [9.17, 15) is 9.59 Å². The lowest BCUT2D eigenvalue weighted by atomic mass is 9.93. The molecule has 2 amide bonds. The van der Waals surface area contributed by atoms with Gasteiger partial charge in [0.2, 0.25) is 11.8 Å². The molecule has 1 aliphatic carbocycles. The molecule has 0 spiro atoms. The predicted molar refractivity (Wildman–Crippen MR) is 102 cm³/mol. The van der Waals surface area contributed by atoms with Gasteiger partial charge in [0.1, 0.15) is 5.76 Å². The average Bonchev–Trinajstić information content (AvgIpc) is 3.44. The number of hydrogen-bond donors (Lipinski definition) is 1. The van der Waals surface area contributed by atoms with E-state index in [0.29, 0.717) is 24.4 Å². The van der Waals surface area contributed by atoms with Crippen molar-refractivity contribution < 1.29 is 14.0 Å².